The maximum atomic E-state index is 4.83. The standard InChI is InChI=1S/C17H28N2S/c1-12(2)20(13(3)4,14(5)6)19-17-9-8-15(7)10-16(17)11-18-19/h8-14H,1-7H3. The van der Waals surface area contributed by atoms with Crippen molar-refractivity contribution in [1.82, 2.24) is 9.19 Å². The zero-order chi connectivity index (χ0) is 15.1. The Labute approximate surface area is 125 Å². The van der Waals surface area contributed by atoms with Gasteiger partial charge in [-0.3, -0.25) is 0 Å². The summed E-state index contributed by atoms with van der Waals surface area (Å²) in [6.07, 6.45) is 2.04. The molecule has 0 spiro atoms. The minimum absolute atomic E-state index is 0.618. The minimum atomic E-state index is -1.02. The number of aryl methyl sites for hydroxylation is 1. The molecule has 0 N–H and O–H groups in total. The molecule has 2 rings (SSSR count). The van der Waals surface area contributed by atoms with Crippen LogP contribution in [0.3, 0.4) is 0 Å². The predicted molar refractivity (Wildman–Crippen MR) is 92.9 cm³/mol. The summed E-state index contributed by atoms with van der Waals surface area (Å²) in [6.45, 7) is 16.3. The minimum Gasteiger partial charge on any atom is -0.225 e. The number of rotatable bonds is 4. The van der Waals surface area contributed by atoms with Gasteiger partial charge in [-0.05, 0) is 19.1 Å². The smallest absolute Gasteiger partial charge is 0.0793 e. The van der Waals surface area contributed by atoms with Crippen molar-refractivity contribution in [3.63, 3.8) is 0 Å². The molecular weight excluding hydrogens is 264 g/mol. The Balaban J connectivity index is 2.75. The first-order valence-electron chi connectivity index (χ1n) is 7.56. The number of benzene rings is 1. The topological polar surface area (TPSA) is 17.8 Å². The van der Waals surface area contributed by atoms with E-state index in [2.05, 4.69) is 70.8 Å². The molecule has 0 fully saturated rings. The maximum Gasteiger partial charge on any atom is 0.0793 e. The first-order chi connectivity index (χ1) is 9.31. The summed E-state index contributed by atoms with van der Waals surface area (Å²) in [4.78, 5) is 0. The van der Waals surface area contributed by atoms with Crippen molar-refractivity contribution in [1.29, 1.82) is 0 Å². The van der Waals surface area contributed by atoms with Crippen LogP contribution in [-0.4, -0.2) is 24.9 Å². The third-order valence-electron chi connectivity index (χ3n) is 4.26. The molecule has 0 radical (unpaired) electrons. The van der Waals surface area contributed by atoms with Crippen molar-refractivity contribution in [3.8, 4) is 0 Å². The molecule has 0 saturated heterocycles. The van der Waals surface area contributed by atoms with Crippen molar-refractivity contribution in [2.24, 2.45) is 0 Å². The van der Waals surface area contributed by atoms with Gasteiger partial charge in [0.05, 0.1) is 11.7 Å². The summed E-state index contributed by atoms with van der Waals surface area (Å²) in [5, 5.41) is 7.95. The van der Waals surface area contributed by atoms with E-state index in [4.69, 9.17) is 5.10 Å². The second-order valence-electron chi connectivity index (χ2n) is 6.45. The molecule has 1 aromatic heterocycles. The number of hydrogen-bond donors (Lipinski definition) is 0. The molecule has 0 bridgehead atoms. The van der Waals surface area contributed by atoms with E-state index in [9.17, 15) is 0 Å². The van der Waals surface area contributed by atoms with Gasteiger partial charge < -0.3 is 0 Å². The fourth-order valence-electron chi connectivity index (χ4n) is 3.61. The Morgan fingerprint density at radius 2 is 1.50 bits per heavy atom. The van der Waals surface area contributed by atoms with Crippen molar-refractivity contribution in [2.75, 3.05) is 0 Å². The van der Waals surface area contributed by atoms with E-state index in [0.717, 1.165) is 0 Å². The Morgan fingerprint density at radius 1 is 0.950 bits per heavy atom. The number of hydrogen-bond acceptors (Lipinski definition) is 1. The second-order valence-corrected chi connectivity index (χ2v) is 11.1. The summed E-state index contributed by atoms with van der Waals surface area (Å²) < 4.78 is 2.38. The summed E-state index contributed by atoms with van der Waals surface area (Å²) >= 11 is 0. The van der Waals surface area contributed by atoms with Crippen molar-refractivity contribution in [2.45, 2.75) is 64.2 Å². The monoisotopic (exact) mass is 292 g/mol. The van der Waals surface area contributed by atoms with Gasteiger partial charge in [0.2, 0.25) is 0 Å². The normalized spacial score (nSPS) is 13.9. The van der Waals surface area contributed by atoms with Crippen LogP contribution in [0.4, 0.5) is 0 Å². The maximum absolute atomic E-state index is 4.83. The molecule has 1 heterocycles. The van der Waals surface area contributed by atoms with Gasteiger partial charge >= 0.3 is 0 Å². The first-order valence-corrected chi connectivity index (χ1v) is 9.34. The van der Waals surface area contributed by atoms with Crippen LogP contribution in [0.5, 0.6) is 0 Å². The van der Waals surface area contributed by atoms with Gasteiger partial charge in [-0.25, -0.2) is 4.09 Å². The molecule has 1 aromatic carbocycles. The van der Waals surface area contributed by atoms with Gasteiger partial charge in [-0.15, -0.1) is 10.2 Å². The van der Waals surface area contributed by atoms with Gasteiger partial charge in [0.25, 0.3) is 0 Å². The third-order valence-corrected chi connectivity index (χ3v) is 9.68. The molecule has 0 atom stereocenters. The van der Waals surface area contributed by atoms with Crippen molar-refractivity contribution in [3.05, 3.63) is 30.0 Å². The summed E-state index contributed by atoms with van der Waals surface area (Å²) in [6, 6.07) is 6.68. The highest BCUT2D eigenvalue weighted by molar-refractivity contribution is 8.33. The third kappa shape index (κ3) is 2.16. The van der Waals surface area contributed by atoms with Crippen molar-refractivity contribution >= 4 is 21.1 Å². The van der Waals surface area contributed by atoms with E-state index in [0.29, 0.717) is 15.7 Å². The van der Waals surface area contributed by atoms with Gasteiger partial charge in [-0.2, -0.15) is 5.10 Å². The second kappa shape index (κ2) is 5.44. The average Bonchev–Trinajstić information content (AvgIpc) is 2.72. The Bertz CT molecular complexity index is 574. The van der Waals surface area contributed by atoms with Gasteiger partial charge in [0, 0.05) is 21.1 Å². The van der Waals surface area contributed by atoms with Crippen LogP contribution in [0.2, 0.25) is 0 Å². The van der Waals surface area contributed by atoms with Crippen LogP contribution in [-0.2, 0) is 0 Å². The Hall–Kier alpha value is -0.960. The molecule has 3 heteroatoms. The average molecular weight is 292 g/mol. The Morgan fingerprint density at radius 3 is 2.00 bits per heavy atom. The van der Waals surface area contributed by atoms with Crippen molar-refractivity contribution < 1.29 is 0 Å². The number of fused-ring (bicyclic) bond motifs is 1. The first kappa shape index (κ1) is 15.4. The molecule has 0 aliphatic heterocycles. The molecule has 2 aromatic rings. The van der Waals surface area contributed by atoms with Crippen LogP contribution >= 0.6 is 10.2 Å². The summed E-state index contributed by atoms with van der Waals surface area (Å²) in [5.41, 5.74) is 2.60. The molecule has 0 amide bonds. The molecule has 0 unspecified atom stereocenters. The summed E-state index contributed by atoms with van der Waals surface area (Å²) in [5.74, 6) is 0. The zero-order valence-electron chi connectivity index (χ0n) is 13.8. The fraction of sp³-hybridized carbons (Fsp3) is 0.588. The molecular formula is C17H28N2S. The molecule has 2 nitrogen and oxygen atoms in total. The fourth-order valence-corrected chi connectivity index (χ4v) is 8.79. The highest BCUT2D eigenvalue weighted by Gasteiger charge is 2.38. The van der Waals surface area contributed by atoms with E-state index in [1.54, 1.807) is 0 Å². The molecule has 112 valence electrons. The van der Waals surface area contributed by atoms with Crippen LogP contribution in [0.15, 0.2) is 24.4 Å². The molecule has 0 aliphatic rings. The van der Waals surface area contributed by atoms with Gasteiger partial charge in [0.15, 0.2) is 0 Å². The Kier molecular flexibility index (Phi) is 4.19. The van der Waals surface area contributed by atoms with Gasteiger partial charge in [-0.1, -0.05) is 53.2 Å². The number of aromatic nitrogens is 2. The van der Waals surface area contributed by atoms with E-state index in [1.165, 1.54) is 16.5 Å². The van der Waals surface area contributed by atoms with Gasteiger partial charge in [0.1, 0.15) is 0 Å². The van der Waals surface area contributed by atoms with Crippen LogP contribution in [0, 0.1) is 6.92 Å². The quantitative estimate of drug-likeness (QED) is 0.763. The SMILES string of the molecule is Cc1ccc2c(cnn2S(C(C)C)(C(C)C)C(C)C)c1. The van der Waals surface area contributed by atoms with Crippen LogP contribution in [0.1, 0.15) is 47.1 Å². The lowest BCUT2D eigenvalue weighted by Gasteiger charge is -2.51. The lowest BCUT2D eigenvalue weighted by atomic mass is 10.2. The molecule has 0 saturated carbocycles. The predicted octanol–water partition coefficient (Wildman–Crippen LogP) is 5.14. The lowest BCUT2D eigenvalue weighted by Crippen LogP contribution is -2.34. The highest BCUT2D eigenvalue weighted by atomic mass is 32.3. The zero-order valence-corrected chi connectivity index (χ0v) is 14.7. The highest BCUT2D eigenvalue weighted by Crippen LogP contribution is 2.61. The van der Waals surface area contributed by atoms with Crippen LogP contribution < -0.4 is 0 Å². The number of nitrogens with zero attached hydrogens (tertiary/aromatic N) is 2. The van der Waals surface area contributed by atoms with E-state index < -0.39 is 10.2 Å². The largest absolute Gasteiger partial charge is 0.225 e. The summed E-state index contributed by atoms with van der Waals surface area (Å²) in [7, 11) is -1.02. The molecule has 0 aliphatic carbocycles. The molecule has 20 heavy (non-hydrogen) atoms. The lowest BCUT2D eigenvalue weighted by molar-refractivity contribution is 0.870. The van der Waals surface area contributed by atoms with E-state index in [-0.39, 0.29) is 0 Å². The van der Waals surface area contributed by atoms with Crippen LogP contribution in [0.25, 0.3) is 10.9 Å². The van der Waals surface area contributed by atoms with E-state index in [1.807, 2.05) is 6.20 Å². The van der Waals surface area contributed by atoms with E-state index >= 15 is 0 Å².